The van der Waals surface area contributed by atoms with Crippen LogP contribution in [0.1, 0.15) is 11.1 Å². The zero-order valence-electron chi connectivity index (χ0n) is 13.3. The van der Waals surface area contributed by atoms with Crippen LogP contribution in [0.5, 0.6) is 0 Å². The molecule has 1 aliphatic rings. The fourth-order valence-corrected chi connectivity index (χ4v) is 3.01. The average Bonchev–Trinajstić information content (AvgIpc) is 2.49. The van der Waals surface area contributed by atoms with E-state index in [4.69, 9.17) is 11.6 Å². The second-order valence-corrected chi connectivity index (χ2v) is 6.40. The van der Waals surface area contributed by atoms with Gasteiger partial charge in [0.15, 0.2) is 0 Å². The number of nitrogens with zero attached hydrogens (tertiary/aromatic N) is 4. The lowest BCUT2D eigenvalue weighted by Gasteiger charge is -2.33. The summed E-state index contributed by atoms with van der Waals surface area (Å²) in [6, 6.07) is 4.20. The molecule has 1 saturated heterocycles. The third-order valence-electron chi connectivity index (χ3n) is 4.14. The molecule has 116 valence electrons. The van der Waals surface area contributed by atoms with E-state index in [1.54, 1.807) is 6.20 Å². The lowest BCUT2D eigenvalue weighted by molar-refractivity contribution is 0.312. The molecule has 0 atom stereocenters. The van der Waals surface area contributed by atoms with Gasteiger partial charge in [0.2, 0.25) is 0 Å². The summed E-state index contributed by atoms with van der Waals surface area (Å²) in [4.78, 5) is 13.7. The maximum absolute atomic E-state index is 6.38. The summed E-state index contributed by atoms with van der Waals surface area (Å²) in [7, 11) is 2.15. The van der Waals surface area contributed by atoms with Gasteiger partial charge in [0.1, 0.15) is 5.82 Å². The summed E-state index contributed by atoms with van der Waals surface area (Å²) in [5.41, 5.74) is 4.19. The van der Waals surface area contributed by atoms with E-state index >= 15 is 0 Å². The average molecular weight is 317 g/mol. The smallest absolute Gasteiger partial charge is 0.129 e. The van der Waals surface area contributed by atoms with Gasteiger partial charge in [0.05, 0.1) is 10.7 Å². The van der Waals surface area contributed by atoms with Crippen molar-refractivity contribution in [2.75, 3.05) is 38.1 Å². The van der Waals surface area contributed by atoms with Crippen molar-refractivity contribution in [2.24, 2.45) is 0 Å². The number of likely N-dealkylation sites (N-methyl/N-ethyl adjacent to an activating group) is 1. The monoisotopic (exact) mass is 316 g/mol. The van der Waals surface area contributed by atoms with E-state index in [2.05, 4.69) is 45.9 Å². The first kappa shape index (κ1) is 15.3. The van der Waals surface area contributed by atoms with Gasteiger partial charge in [-0.05, 0) is 38.1 Å². The minimum Gasteiger partial charge on any atom is -0.354 e. The van der Waals surface area contributed by atoms with E-state index in [0.29, 0.717) is 5.02 Å². The van der Waals surface area contributed by atoms with Crippen molar-refractivity contribution >= 4 is 17.4 Å². The van der Waals surface area contributed by atoms with Crippen LogP contribution in [0.3, 0.4) is 0 Å². The van der Waals surface area contributed by atoms with Crippen LogP contribution < -0.4 is 4.90 Å². The molecule has 0 bridgehead atoms. The van der Waals surface area contributed by atoms with Crippen LogP contribution in [0.25, 0.3) is 11.3 Å². The van der Waals surface area contributed by atoms with Crippen LogP contribution in [-0.2, 0) is 0 Å². The van der Waals surface area contributed by atoms with Gasteiger partial charge < -0.3 is 9.80 Å². The first-order chi connectivity index (χ1) is 10.5. The molecule has 3 heterocycles. The fourth-order valence-electron chi connectivity index (χ4n) is 2.81. The van der Waals surface area contributed by atoms with Gasteiger partial charge >= 0.3 is 0 Å². The standard InChI is InChI=1S/C17H21ClN4/c1-12-8-13(2)17(20-10-12)14-9-16(19-11-15(14)18)22-6-4-21(3)5-7-22/h8-11H,4-7H2,1-3H3. The minimum atomic E-state index is 0.650. The van der Waals surface area contributed by atoms with E-state index in [1.165, 1.54) is 0 Å². The van der Waals surface area contributed by atoms with Crippen LogP contribution in [-0.4, -0.2) is 48.1 Å². The normalized spacial score (nSPS) is 16.1. The first-order valence-electron chi connectivity index (χ1n) is 7.57. The highest BCUT2D eigenvalue weighted by Gasteiger charge is 2.17. The molecule has 0 N–H and O–H groups in total. The molecule has 0 spiro atoms. The molecule has 1 fully saturated rings. The van der Waals surface area contributed by atoms with E-state index < -0.39 is 0 Å². The second-order valence-electron chi connectivity index (χ2n) is 5.99. The number of hydrogen-bond donors (Lipinski definition) is 0. The number of anilines is 1. The predicted octanol–water partition coefficient (Wildman–Crippen LogP) is 3.17. The number of aryl methyl sites for hydroxylation is 2. The largest absolute Gasteiger partial charge is 0.354 e. The van der Waals surface area contributed by atoms with Gasteiger partial charge in [-0.1, -0.05) is 17.7 Å². The zero-order chi connectivity index (χ0) is 15.7. The molecule has 1 aliphatic heterocycles. The lowest BCUT2D eigenvalue weighted by Crippen LogP contribution is -2.44. The Morgan fingerprint density at radius 3 is 2.41 bits per heavy atom. The summed E-state index contributed by atoms with van der Waals surface area (Å²) in [5, 5.41) is 0.650. The fraction of sp³-hybridized carbons (Fsp3) is 0.412. The van der Waals surface area contributed by atoms with Crippen molar-refractivity contribution in [3.63, 3.8) is 0 Å². The van der Waals surface area contributed by atoms with E-state index in [-0.39, 0.29) is 0 Å². The van der Waals surface area contributed by atoms with Crippen molar-refractivity contribution in [3.05, 3.63) is 40.7 Å². The van der Waals surface area contributed by atoms with Crippen molar-refractivity contribution in [2.45, 2.75) is 13.8 Å². The highest BCUT2D eigenvalue weighted by atomic mass is 35.5. The van der Waals surface area contributed by atoms with E-state index in [1.807, 2.05) is 13.1 Å². The zero-order valence-corrected chi connectivity index (χ0v) is 14.1. The van der Waals surface area contributed by atoms with Crippen LogP contribution in [0.2, 0.25) is 5.02 Å². The summed E-state index contributed by atoms with van der Waals surface area (Å²) in [5.74, 6) is 0.981. The van der Waals surface area contributed by atoms with Crippen LogP contribution in [0.4, 0.5) is 5.82 Å². The Bertz CT molecular complexity index is 678. The summed E-state index contributed by atoms with van der Waals surface area (Å²) >= 11 is 6.38. The SMILES string of the molecule is Cc1cnc(-c2cc(N3CCN(C)CC3)ncc2Cl)c(C)c1. The highest BCUT2D eigenvalue weighted by Crippen LogP contribution is 2.31. The molecule has 0 unspecified atom stereocenters. The van der Waals surface area contributed by atoms with E-state index in [9.17, 15) is 0 Å². The molecule has 0 radical (unpaired) electrons. The van der Waals surface area contributed by atoms with Gasteiger partial charge in [-0.15, -0.1) is 0 Å². The Hall–Kier alpha value is -1.65. The molecule has 0 amide bonds. The minimum absolute atomic E-state index is 0.650. The highest BCUT2D eigenvalue weighted by molar-refractivity contribution is 6.33. The number of rotatable bonds is 2. The third kappa shape index (κ3) is 3.08. The Kier molecular flexibility index (Phi) is 4.32. The maximum atomic E-state index is 6.38. The first-order valence-corrected chi connectivity index (χ1v) is 7.95. The molecule has 22 heavy (non-hydrogen) atoms. The number of hydrogen-bond acceptors (Lipinski definition) is 4. The van der Waals surface area contributed by atoms with Gasteiger partial charge in [0.25, 0.3) is 0 Å². The molecule has 2 aromatic heterocycles. The molecular weight excluding hydrogens is 296 g/mol. The Labute approximate surface area is 136 Å². The second kappa shape index (κ2) is 6.23. The molecular formula is C17H21ClN4. The molecule has 3 rings (SSSR count). The topological polar surface area (TPSA) is 32.3 Å². The predicted molar refractivity (Wildman–Crippen MR) is 91.7 cm³/mol. The quantitative estimate of drug-likeness (QED) is 0.852. The molecule has 0 aliphatic carbocycles. The molecule has 4 nitrogen and oxygen atoms in total. The van der Waals surface area contributed by atoms with Gasteiger partial charge in [-0.3, -0.25) is 4.98 Å². The van der Waals surface area contributed by atoms with Crippen molar-refractivity contribution in [1.82, 2.24) is 14.9 Å². The summed E-state index contributed by atoms with van der Waals surface area (Å²) in [6.07, 6.45) is 3.63. The summed E-state index contributed by atoms with van der Waals surface area (Å²) < 4.78 is 0. The van der Waals surface area contributed by atoms with Gasteiger partial charge in [-0.2, -0.15) is 0 Å². The van der Waals surface area contributed by atoms with Crippen molar-refractivity contribution in [1.29, 1.82) is 0 Å². The van der Waals surface area contributed by atoms with Crippen LogP contribution in [0.15, 0.2) is 24.5 Å². The number of aromatic nitrogens is 2. The van der Waals surface area contributed by atoms with Crippen molar-refractivity contribution < 1.29 is 0 Å². The lowest BCUT2D eigenvalue weighted by atomic mass is 10.1. The maximum Gasteiger partial charge on any atom is 0.129 e. The van der Waals surface area contributed by atoms with Crippen molar-refractivity contribution in [3.8, 4) is 11.3 Å². The van der Waals surface area contributed by atoms with Gasteiger partial charge in [0, 0.05) is 44.1 Å². The Morgan fingerprint density at radius 2 is 1.73 bits per heavy atom. The number of halogens is 1. The third-order valence-corrected chi connectivity index (χ3v) is 4.44. The van der Waals surface area contributed by atoms with Crippen LogP contribution >= 0.6 is 11.6 Å². The molecule has 2 aromatic rings. The Morgan fingerprint density at radius 1 is 1.00 bits per heavy atom. The molecule has 0 saturated carbocycles. The summed E-state index contributed by atoms with van der Waals surface area (Å²) in [6.45, 7) is 8.22. The molecule has 5 heteroatoms. The van der Waals surface area contributed by atoms with E-state index in [0.717, 1.165) is 54.4 Å². The van der Waals surface area contributed by atoms with Gasteiger partial charge in [-0.25, -0.2) is 4.98 Å². The Balaban J connectivity index is 1.96. The number of pyridine rings is 2. The number of piperazine rings is 1. The van der Waals surface area contributed by atoms with Crippen LogP contribution in [0, 0.1) is 13.8 Å². The molecule has 0 aromatic carbocycles.